The van der Waals surface area contributed by atoms with Gasteiger partial charge in [-0.25, -0.2) is 0 Å². The Morgan fingerprint density at radius 1 is 1.05 bits per heavy atom. The minimum Gasteiger partial charge on any atom is -0.461 e. The molecule has 3 saturated carbocycles. The summed E-state index contributed by atoms with van der Waals surface area (Å²) in [5.74, 6) is 1.30. The largest absolute Gasteiger partial charge is 0.461 e. The van der Waals surface area contributed by atoms with E-state index in [1.165, 1.54) is 12.8 Å². The molecule has 6 heteroatoms. The third-order valence-electron chi connectivity index (χ3n) is 15.2. The van der Waals surface area contributed by atoms with E-state index in [0.29, 0.717) is 24.4 Å². The van der Waals surface area contributed by atoms with Crippen LogP contribution in [0.3, 0.4) is 0 Å². The topological polar surface area (TPSA) is 66.0 Å². The highest BCUT2D eigenvalue weighted by molar-refractivity contribution is 5.78. The number of rotatable bonds is 8. The molecule has 0 aromatic carbocycles. The zero-order chi connectivity index (χ0) is 31.2. The molecule has 5 fully saturated rings. The van der Waals surface area contributed by atoms with Gasteiger partial charge < -0.3 is 24.3 Å². The second-order valence-electron chi connectivity index (χ2n) is 17.0. The summed E-state index contributed by atoms with van der Waals surface area (Å²) in [5, 5.41) is 3.57. The van der Waals surface area contributed by atoms with Gasteiger partial charge in [0.1, 0.15) is 6.10 Å². The summed E-state index contributed by atoms with van der Waals surface area (Å²) < 4.78 is 26.2. The number of likely N-dealkylation sites (N-methyl/N-ethyl adjacent to an activating group) is 1. The molecule has 6 rings (SSSR count). The average molecular weight is 600 g/mol. The number of hydrogen-bond acceptors (Lipinski definition) is 6. The van der Waals surface area contributed by atoms with Crippen molar-refractivity contribution in [2.75, 3.05) is 34.0 Å². The van der Waals surface area contributed by atoms with Crippen LogP contribution in [0, 0.1) is 50.7 Å². The normalized spacial score (nSPS) is 49.0. The van der Waals surface area contributed by atoms with Gasteiger partial charge in [0.15, 0.2) is 0 Å². The Hall–Kier alpha value is -0.950. The number of fused-ring (bicyclic) bond motifs is 5. The van der Waals surface area contributed by atoms with Crippen LogP contribution in [-0.4, -0.2) is 63.8 Å². The van der Waals surface area contributed by atoms with Gasteiger partial charge in [-0.2, -0.15) is 0 Å². The van der Waals surface area contributed by atoms with Crippen LogP contribution in [0.5, 0.6) is 0 Å². The van der Waals surface area contributed by atoms with Crippen molar-refractivity contribution in [1.82, 2.24) is 5.32 Å². The number of esters is 1. The van der Waals surface area contributed by atoms with Crippen LogP contribution in [0.1, 0.15) is 107 Å². The van der Waals surface area contributed by atoms with Crippen LogP contribution in [-0.2, 0) is 23.7 Å². The fourth-order valence-electron chi connectivity index (χ4n) is 12.5. The standard InChI is InChI=1S/C37H61NO5/c1-11-36(12-2,38-9)21-42-30-26(40-10)19-37-22-41-20-33(30,6)27(37)14-13-24-25(37)15-16-35(8)28-31(39)43-29(23(3)4)32(28,5)17-18-34(24,35)7/h15,23-24,26-30,38H,11-14,16-22H2,1-10H3/t24-,26+,27-,28+,29+,30-,32-,33-,34+,35-,37-/m0/s1. The fourth-order valence-corrected chi connectivity index (χ4v) is 12.5. The Morgan fingerprint density at radius 2 is 1.77 bits per heavy atom. The highest BCUT2D eigenvalue weighted by Gasteiger charge is 2.73. The van der Waals surface area contributed by atoms with E-state index < -0.39 is 0 Å². The summed E-state index contributed by atoms with van der Waals surface area (Å²) >= 11 is 0. The van der Waals surface area contributed by atoms with E-state index in [2.05, 4.69) is 73.8 Å². The number of nitrogens with one attached hydrogen (secondary N) is 1. The molecule has 0 amide bonds. The lowest BCUT2D eigenvalue weighted by Gasteiger charge is -2.70. The van der Waals surface area contributed by atoms with Crippen molar-refractivity contribution in [2.45, 2.75) is 131 Å². The van der Waals surface area contributed by atoms with E-state index in [-0.39, 0.29) is 62.8 Å². The van der Waals surface area contributed by atoms with Gasteiger partial charge in [0.05, 0.1) is 37.9 Å². The number of methoxy groups -OCH3 is 1. The molecule has 4 aliphatic carbocycles. The molecule has 0 spiro atoms. The van der Waals surface area contributed by atoms with Crippen LogP contribution < -0.4 is 5.32 Å². The minimum absolute atomic E-state index is 0.0000394. The van der Waals surface area contributed by atoms with E-state index in [1.54, 1.807) is 5.57 Å². The van der Waals surface area contributed by atoms with E-state index in [9.17, 15) is 4.79 Å². The zero-order valence-electron chi connectivity index (χ0n) is 28.9. The summed E-state index contributed by atoms with van der Waals surface area (Å²) in [6.45, 7) is 20.9. The third-order valence-corrected chi connectivity index (χ3v) is 15.2. The van der Waals surface area contributed by atoms with Gasteiger partial charge in [-0.1, -0.05) is 67.0 Å². The van der Waals surface area contributed by atoms with Crippen molar-refractivity contribution < 1.29 is 23.7 Å². The summed E-state index contributed by atoms with van der Waals surface area (Å²) in [7, 11) is 3.95. The first-order chi connectivity index (χ1) is 20.3. The van der Waals surface area contributed by atoms with E-state index in [0.717, 1.165) is 51.7 Å². The van der Waals surface area contributed by atoms with Crippen molar-refractivity contribution in [2.24, 2.45) is 50.7 Å². The summed E-state index contributed by atoms with van der Waals surface area (Å²) in [5.41, 5.74) is 1.29. The number of carbonyl (C=O) groups is 1. The number of ether oxygens (including phenoxy) is 4. The van der Waals surface area contributed by atoms with E-state index in [1.807, 2.05) is 7.11 Å². The number of carbonyl (C=O) groups excluding carboxylic acids is 1. The average Bonchev–Trinajstić information content (AvgIpc) is 3.26. The smallest absolute Gasteiger partial charge is 0.310 e. The molecule has 244 valence electrons. The predicted octanol–water partition coefficient (Wildman–Crippen LogP) is 6.96. The Labute approximate surface area is 261 Å². The fraction of sp³-hybridized carbons (Fsp3) is 0.919. The molecule has 2 aliphatic heterocycles. The number of cyclic esters (lactones) is 1. The summed E-state index contributed by atoms with van der Waals surface area (Å²) in [6.07, 6.45) is 11.2. The van der Waals surface area contributed by atoms with E-state index in [4.69, 9.17) is 18.9 Å². The Morgan fingerprint density at radius 3 is 2.40 bits per heavy atom. The van der Waals surface area contributed by atoms with Gasteiger partial charge >= 0.3 is 5.97 Å². The monoisotopic (exact) mass is 599 g/mol. The second-order valence-corrected chi connectivity index (χ2v) is 17.0. The van der Waals surface area contributed by atoms with Crippen LogP contribution in [0.4, 0.5) is 0 Å². The van der Waals surface area contributed by atoms with Gasteiger partial charge in [0, 0.05) is 28.9 Å². The first-order valence-corrected chi connectivity index (χ1v) is 17.6. The molecule has 6 aliphatic rings. The lowest BCUT2D eigenvalue weighted by molar-refractivity contribution is -0.268. The maximum atomic E-state index is 13.7. The van der Waals surface area contributed by atoms with Crippen molar-refractivity contribution in [3.05, 3.63) is 11.6 Å². The number of allylic oxidation sites excluding steroid dienone is 1. The number of hydrogen-bond donors (Lipinski definition) is 1. The molecule has 11 atom stereocenters. The molecular weight excluding hydrogens is 538 g/mol. The van der Waals surface area contributed by atoms with Gasteiger partial charge in [0.25, 0.3) is 0 Å². The van der Waals surface area contributed by atoms with E-state index >= 15 is 0 Å². The van der Waals surface area contributed by atoms with Gasteiger partial charge in [-0.15, -0.1) is 0 Å². The molecular formula is C37H61NO5. The van der Waals surface area contributed by atoms with Crippen molar-refractivity contribution >= 4 is 5.97 Å². The molecule has 2 bridgehead atoms. The molecule has 0 radical (unpaired) electrons. The third kappa shape index (κ3) is 4.07. The quantitative estimate of drug-likeness (QED) is 0.240. The lowest BCUT2D eigenvalue weighted by atomic mass is 9.35. The maximum Gasteiger partial charge on any atom is 0.310 e. The molecule has 0 aromatic heterocycles. The van der Waals surface area contributed by atoms with Crippen LogP contribution in [0.25, 0.3) is 0 Å². The van der Waals surface area contributed by atoms with Crippen LogP contribution in [0.2, 0.25) is 0 Å². The zero-order valence-corrected chi connectivity index (χ0v) is 28.9. The highest BCUT2D eigenvalue weighted by Crippen LogP contribution is 2.75. The minimum atomic E-state index is -0.116. The first-order valence-electron chi connectivity index (χ1n) is 17.6. The lowest BCUT2D eigenvalue weighted by Crippen LogP contribution is -2.70. The summed E-state index contributed by atoms with van der Waals surface area (Å²) in [6, 6.07) is 0. The first kappa shape index (κ1) is 32.0. The molecule has 0 aromatic rings. The molecule has 0 unspecified atom stereocenters. The maximum absolute atomic E-state index is 13.7. The van der Waals surface area contributed by atoms with Gasteiger partial charge in [-0.3, -0.25) is 4.79 Å². The van der Waals surface area contributed by atoms with Crippen molar-refractivity contribution in [1.29, 1.82) is 0 Å². The Bertz CT molecular complexity index is 1120. The molecule has 6 nitrogen and oxygen atoms in total. The molecule has 43 heavy (non-hydrogen) atoms. The van der Waals surface area contributed by atoms with Crippen molar-refractivity contribution in [3.8, 4) is 0 Å². The van der Waals surface area contributed by atoms with Gasteiger partial charge in [-0.05, 0) is 87.0 Å². The molecule has 2 heterocycles. The van der Waals surface area contributed by atoms with Crippen LogP contribution >= 0.6 is 0 Å². The second kappa shape index (κ2) is 10.5. The highest BCUT2D eigenvalue weighted by atomic mass is 16.6. The van der Waals surface area contributed by atoms with Crippen molar-refractivity contribution in [3.63, 3.8) is 0 Å². The Kier molecular flexibility index (Phi) is 7.84. The molecule has 1 N–H and O–H groups in total. The van der Waals surface area contributed by atoms with Crippen LogP contribution in [0.15, 0.2) is 11.6 Å². The predicted molar refractivity (Wildman–Crippen MR) is 170 cm³/mol. The summed E-state index contributed by atoms with van der Waals surface area (Å²) in [4.78, 5) is 13.7. The SMILES string of the molecule is CCC(CC)(CO[C@H]1[C@H](OC)C[C@@]23COC[C@@]1(C)[C@@H]2CC[C@H]1C3=CC[C@@]2(C)[C@@H]3C(=O)O[C@H](C(C)C)[C@@]3(C)CC[C@]12C)NC. The molecule has 2 saturated heterocycles. The van der Waals surface area contributed by atoms with Gasteiger partial charge in [0.2, 0.25) is 0 Å². The Balaban J connectivity index is 1.37.